The van der Waals surface area contributed by atoms with Crippen LogP contribution in [0.4, 0.5) is 13.2 Å². The summed E-state index contributed by atoms with van der Waals surface area (Å²) in [7, 11) is 0. The van der Waals surface area contributed by atoms with E-state index in [1.54, 1.807) is 0 Å². The van der Waals surface area contributed by atoms with E-state index in [4.69, 9.17) is 5.73 Å². The first-order chi connectivity index (χ1) is 9.24. The van der Waals surface area contributed by atoms with Crippen LogP contribution < -0.4 is 11.1 Å². The predicted molar refractivity (Wildman–Crippen MR) is 66.7 cm³/mol. The minimum Gasteiger partial charge on any atom is -0.368 e. The van der Waals surface area contributed by atoms with Crippen molar-refractivity contribution >= 4 is 11.8 Å². The molecule has 1 aliphatic rings. The molecule has 0 aromatic heterocycles. The number of unbranched alkanes of at least 4 members (excludes halogenated alkanes) is 1. The van der Waals surface area contributed by atoms with E-state index in [0.717, 1.165) is 4.90 Å². The van der Waals surface area contributed by atoms with Gasteiger partial charge in [-0.25, -0.2) is 0 Å². The van der Waals surface area contributed by atoms with Gasteiger partial charge >= 0.3 is 6.18 Å². The minimum absolute atomic E-state index is 0.107. The normalized spacial score (nSPS) is 22.8. The van der Waals surface area contributed by atoms with Crippen LogP contribution in [0.15, 0.2) is 0 Å². The topological polar surface area (TPSA) is 75.4 Å². The molecule has 0 aromatic carbocycles. The highest BCUT2D eigenvalue weighted by molar-refractivity contribution is 5.88. The molecule has 0 spiro atoms. The Hall–Kier alpha value is -1.31. The minimum atomic E-state index is -4.64. The summed E-state index contributed by atoms with van der Waals surface area (Å²) in [6.07, 6.45) is -3.72. The summed E-state index contributed by atoms with van der Waals surface area (Å²) in [6.45, 7) is 1.16. The zero-order valence-corrected chi connectivity index (χ0v) is 11.4. The van der Waals surface area contributed by atoms with Crippen LogP contribution in [0, 0.1) is 5.41 Å². The number of nitrogens with zero attached hydrogens (tertiary/aromatic N) is 1. The fourth-order valence-corrected chi connectivity index (χ4v) is 2.33. The number of hydrogen-bond acceptors (Lipinski definition) is 3. The van der Waals surface area contributed by atoms with Crippen molar-refractivity contribution in [2.75, 3.05) is 26.2 Å². The molecule has 1 saturated heterocycles. The number of nitrogens with two attached hydrogens (primary N) is 1. The smallest absolute Gasteiger partial charge is 0.368 e. The van der Waals surface area contributed by atoms with Crippen molar-refractivity contribution in [1.29, 1.82) is 0 Å². The number of rotatable bonds is 6. The Morgan fingerprint density at radius 3 is 2.45 bits per heavy atom. The molecule has 1 unspecified atom stereocenters. The first-order valence-corrected chi connectivity index (χ1v) is 6.59. The van der Waals surface area contributed by atoms with Gasteiger partial charge in [0.1, 0.15) is 0 Å². The van der Waals surface area contributed by atoms with Gasteiger partial charge in [0, 0.05) is 13.1 Å². The second-order valence-corrected chi connectivity index (χ2v) is 5.05. The number of carbonyl (C=O) groups is 2. The van der Waals surface area contributed by atoms with Gasteiger partial charge in [0.25, 0.3) is 0 Å². The van der Waals surface area contributed by atoms with Crippen molar-refractivity contribution in [2.24, 2.45) is 11.1 Å². The molecule has 20 heavy (non-hydrogen) atoms. The van der Waals surface area contributed by atoms with Crippen LogP contribution in [0.5, 0.6) is 0 Å². The van der Waals surface area contributed by atoms with Crippen molar-refractivity contribution in [2.45, 2.75) is 32.4 Å². The van der Waals surface area contributed by atoms with Crippen LogP contribution in [0.3, 0.4) is 0 Å². The molecule has 1 fully saturated rings. The first-order valence-electron chi connectivity index (χ1n) is 6.59. The van der Waals surface area contributed by atoms with Gasteiger partial charge in [-0.05, 0) is 19.4 Å². The van der Waals surface area contributed by atoms with E-state index in [-0.39, 0.29) is 19.5 Å². The molecule has 0 aliphatic carbocycles. The molecular weight excluding hydrogens is 275 g/mol. The van der Waals surface area contributed by atoms with Crippen LogP contribution in [0.1, 0.15) is 26.2 Å². The maximum Gasteiger partial charge on any atom is 0.404 e. The Labute approximate surface area is 115 Å². The Morgan fingerprint density at radius 2 is 2.05 bits per heavy atom. The van der Waals surface area contributed by atoms with Crippen molar-refractivity contribution in [3.63, 3.8) is 0 Å². The van der Waals surface area contributed by atoms with Crippen molar-refractivity contribution < 1.29 is 22.8 Å². The molecule has 116 valence electrons. The van der Waals surface area contributed by atoms with E-state index >= 15 is 0 Å². The van der Waals surface area contributed by atoms with Crippen molar-refractivity contribution in [3.8, 4) is 0 Å². The van der Waals surface area contributed by atoms with Crippen molar-refractivity contribution in [1.82, 2.24) is 10.2 Å². The van der Waals surface area contributed by atoms with Crippen LogP contribution in [0.25, 0.3) is 0 Å². The van der Waals surface area contributed by atoms with Gasteiger partial charge in [0.2, 0.25) is 11.8 Å². The number of carbonyl (C=O) groups excluding carboxylic acids is 2. The molecule has 1 aliphatic heterocycles. The molecule has 0 radical (unpaired) electrons. The molecule has 3 N–H and O–H groups in total. The van der Waals surface area contributed by atoms with Crippen LogP contribution in [0.2, 0.25) is 0 Å². The highest BCUT2D eigenvalue weighted by Crippen LogP contribution is 2.44. The summed E-state index contributed by atoms with van der Waals surface area (Å²) in [5, 5.41) is 2.58. The van der Waals surface area contributed by atoms with E-state index in [0.29, 0.717) is 12.8 Å². The second kappa shape index (κ2) is 6.43. The zero-order chi connectivity index (χ0) is 15.4. The Bertz CT molecular complexity index is 365. The standard InChI is InChI=1S/C12H20F3N3O2/c1-2-3-6-18(7-9(16)19)10(20)11(12(13,14)15)4-5-17-8-11/h17H,2-8H2,1H3,(H2,16,19). The highest BCUT2D eigenvalue weighted by Gasteiger charge is 2.62. The fourth-order valence-electron chi connectivity index (χ4n) is 2.33. The van der Waals surface area contributed by atoms with Gasteiger partial charge in [-0.2, -0.15) is 13.2 Å². The average Bonchev–Trinajstić information content (AvgIpc) is 2.83. The van der Waals surface area contributed by atoms with Gasteiger partial charge in [-0.3, -0.25) is 9.59 Å². The summed E-state index contributed by atoms with van der Waals surface area (Å²) in [6, 6.07) is 0. The van der Waals surface area contributed by atoms with Crippen LogP contribution in [-0.2, 0) is 9.59 Å². The third-order valence-corrected chi connectivity index (χ3v) is 3.52. The Balaban J connectivity index is 2.98. The van der Waals surface area contributed by atoms with Gasteiger partial charge in [0.15, 0.2) is 5.41 Å². The van der Waals surface area contributed by atoms with E-state index in [1.165, 1.54) is 0 Å². The molecule has 2 amide bonds. The maximum absolute atomic E-state index is 13.3. The molecule has 0 aromatic rings. The third kappa shape index (κ3) is 3.41. The SMILES string of the molecule is CCCCN(CC(N)=O)C(=O)C1(C(F)(F)F)CCNC1. The lowest BCUT2D eigenvalue weighted by Crippen LogP contribution is -2.55. The van der Waals surface area contributed by atoms with E-state index in [2.05, 4.69) is 5.32 Å². The average molecular weight is 295 g/mol. The van der Waals surface area contributed by atoms with Gasteiger partial charge in [-0.1, -0.05) is 13.3 Å². The number of primary amides is 1. The molecular formula is C12H20F3N3O2. The third-order valence-electron chi connectivity index (χ3n) is 3.52. The summed E-state index contributed by atoms with van der Waals surface area (Å²) in [5.74, 6) is -1.86. The Morgan fingerprint density at radius 1 is 1.40 bits per heavy atom. The lowest BCUT2D eigenvalue weighted by molar-refractivity contribution is -0.221. The molecule has 0 saturated carbocycles. The molecule has 1 rings (SSSR count). The number of hydrogen-bond donors (Lipinski definition) is 2. The quantitative estimate of drug-likeness (QED) is 0.755. The van der Waals surface area contributed by atoms with Gasteiger partial charge in [0.05, 0.1) is 6.54 Å². The van der Waals surface area contributed by atoms with Gasteiger partial charge in [-0.15, -0.1) is 0 Å². The predicted octanol–water partition coefficient (Wildman–Crippen LogP) is 0.642. The monoisotopic (exact) mass is 295 g/mol. The number of halogens is 3. The summed E-state index contributed by atoms with van der Waals surface area (Å²) < 4.78 is 39.8. The van der Waals surface area contributed by atoms with E-state index < -0.39 is 36.5 Å². The molecule has 0 bridgehead atoms. The van der Waals surface area contributed by atoms with Crippen molar-refractivity contribution in [3.05, 3.63) is 0 Å². The highest BCUT2D eigenvalue weighted by atomic mass is 19.4. The number of amides is 2. The largest absolute Gasteiger partial charge is 0.404 e. The molecule has 1 atom stereocenters. The first kappa shape index (κ1) is 16.7. The van der Waals surface area contributed by atoms with Crippen LogP contribution >= 0.6 is 0 Å². The van der Waals surface area contributed by atoms with E-state index in [9.17, 15) is 22.8 Å². The summed E-state index contributed by atoms with van der Waals surface area (Å²) >= 11 is 0. The second-order valence-electron chi connectivity index (χ2n) is 5.05. The lowest BCUT2D eigenvalue weighted by atomic mass is 9.84. The summed E-state index contributed by atoms with van der Waals surface area (Å²) in [4.78, 5) is 24.2. The van der Waals surface area contributed by atoms with Gasteiger partial charge < -0.3 is 16.0 Å². The lowest BCUT2D eigenvalue weighted by Gasteiger charge is -2.34. The number of alkyl halides is 3. The maximum atomic E-state index is 13.3. The molecule has 1 heterocycles. The van der Waals surface area contributed by atoms with E-state index in [1.807, 2.05) is 6.92 Å². The Kier molecular flexibility index (Phi) is 5.38. The number of nitrogens with one attached hydrogen (secondary N) is 1. The van der Waals surface area contributed by atoms with Crippen LogP contribution in [-0.4, -0.2) is 49.1 Å². The molecule has 5 nitrogen and oxygen atoms in total. The zero-order valence-electron chi connectivity index (χ0n) is 11.4. The fraction of sp³-hybridized carbons (Fsp3) is 0.833. The molecule has 8 heteroatoms. The summed E-state index contributed by atoms with van der Waals surface area (Å²) in [5.41, 5.74) is 2.59.